The standard InChI is InChI=1S/C22H28N4O3/c1-14-9-16(22(3,4)5)10-15(2)18(14)12-29-19(27)7-8-26-13-23-20-17(21(26)28)11-24-25(20)6/h9-11,13H,7-8,12H2,1-6H3. The van der Waals surface area contributed by atoms with Crippen molar-refractivity contribution in [2.24, 2.45) is 7.05 Å². The van der Waals surface area contributed by atoms with Crippen LogP contribution in [0, 0.1) is 13.8 Å². The van der Waals surface area contributed by atoms with Crippen LogP contribution in [0.4, 0.5) is 0 Å². The Morgan fingerprint density at radius 3 is 2.45 bits per heavy atom. The molecule has 0 saturated carbocycles. The van der Waals surface area contributed by atoms with E-state index in [-0.39, 0.29) is 36.5 Å². The van der Waals surface area contributed by atoms with Crippen LogP contribution in [0.3, 0.4) is 0 Å². The predicted molar refractivity (Wildman–Crippen MR) is 112 cm³/mol. The van der Waals surface area contributed by atoms with Gasteiger partial charge in [-0.2, -0.15) is 5.10 Å². The Kier molecular flexibility index (Phi) is 5.59. The average Bonchev–Trinajstić information content (AvgIpc) is 3.01. The number of ether oxygens (including phenoxy) is 1. The molecule has 0 aliphatic rings. The highest BCUT2D eigenvalue weighted by Crippen LogP contribution is 2.27. The minimum atomic E-state index is -0.345. The van der Waals surface area contributed by atoms with Gasteiger partial charge in [0.15, 0.2) is 5.65 Å². The number of esters is 1. The van der Waals surface area contributed by atoms with Crippen LogP contribution >= 0.6 is 0 Å². The van der Waals surface area contributed by atoms with Gasteiger partial charge in [0.2, 0.25) is 0 Å². The summed E-state index contributed by atoms with van der Waals surface area (Å²) in [6, 6.07) is 4.31. The molecule has 154 valence electrons. The SMILES string of the molecule is Cc1cc(C(C)(C)C)cc(C)c1COC(=O)CCn1cnc2c(cnn2C)c1=O. The van der Waals surface area contributed by atoms with Crippen LogP contribution in [-0.4, -0.2) is 25.3 Å². The summed E-state index contributed by atoms with van der Waals surface area (Å²) in [4.78, 5) is 28.9. The summed E-state index contributed by atoms with van der Waals surface area (Å²) < 4.78 is 8.44. The minimum absolute atomic E-state index is 0.0708. The molecule has 0 aliphatic carbocycles. The molecule has 0 radical (unpaired) electrons. The fraction of sp³-hybridized carbons (Fsp3) is 0.455. The number of hydrogen-bond donors (Lipinski definition) is 0. The van der Waals surface area contributed by atoms with Gasteiger partial charge in [-0.05, 0) is 41.5 Å². The van der Waals surface area contributed by atoms with E-state index >= 15 is 0 Å². The van der Waals surface area contributed by atoms with Crippen LogP contribution in [0.5, 0.6) is 0 Å². The van der Waals surface area contributed by atoms with Crippen molar-refractivity contribution in [3.63, 3.8) is 0 Å². The Morgan fingerprint density at radius 1 is 1.17 bits per heavy atom. The third-order valence-electron chi connectivity index (χ3n) is 5.21. The zero-order chi connectivity index (χ0) is 21.3. The molecule has 29 heavy (non-hydrogen) atoms. The fourth-order valence-corrected chi connectivity index (χ4v) is 3.32. The zero-order valence-corrected chi connectivity index (χ0v) is 17.9. The number of fused-ring (bicyclic) bond motifs is 1. The number of carbonyl (C=O) groups excluding carboxylic acids is 1. The third kappa shape index (κ3) is 4.39. The Bertz CT molecular complexity index is 1100. The van der Waals surface area contributed by atoms with Crippen molar-refractivity contribution in [3.05, 3.63) is 57.3 Å². The van der Waals surface area contributed by atoms with Crippen molar-refractivity contribution < 1.29 is 9.53 Å². The molecule has 2 heterocycles. The van der Waals surface area contributed by atoms with Crippen molar-refractivity contribution in [1.82, 2.24) is 19.3 Å². The van der Waals surface area contributed by atoms with Gasteiger partial charge in [-0.1, -0.05) is 32.9 Å². The van der Waals surface area contributed by atoms with Gasteiger partial charge in [0, 0.05) is 13.6 Å². The van der Waals surface area contributed by atoms with E-state index in [9.17, 15) is 9.59 Å². The first-order chi connectivity index (χ1) is 13.6. The van der Waals surface area contributed by atoms with Crippen LogP contribution in [0.1, 0.15) is 49.4 Å². The number of benzene rings is 1. The van der Waals surface area contributed by atoms with Crippen molar-refractivity contribution >= 4 is 17.0 Å². The van der Waals surface area contributed by atoms with Crippen molar-refractivity contribution in [3.8, 4) is 0 Å². The van der Waals surface area contributed by atoms with Crippen molar-refractivity contribution in [1.29, 1.82) is 0 Å². The Balaban J connectivity index is 1.64. The molecule has 0 saturated heterocycles. The van der Waals surface area contributed by atoms with Gasteiger partial charge < -0.3 is 4.74 Å². The number of hydrogen-bond acceptors (Lipinski definition) is 5. The lowest BCUT2D eigenvalue weighted by atomic mass is 9.84. The molecule has 7 nitrogen and oxygen atoms in total. The van der Waals surface area contributed by atoms with Crippen LogP contribution in [-0.2, 0) is 35.1 Å². The highest BCUT2D eigenvalue weighted by Gasteiger charge is 2.17. The maximum Gasteiger partial charge on any atom is 0.307 e. The molecule has 0 N–H and O–H groups in total. The molecule has 0 unspecified atom stereocenters. The van der Waals surface area contributed by atoms with Gasteiger partial charge in [-0.15, -0.1) is 0 Å². The third-order valence-corrected chi connectivity index (χ3v) is 5.21. The van der Waals surface area contributed by atoms with Gasteiger partial charge in [0.25, 0.3) is 5.56 Å². The smallest absolute Gasteiger partial charge is 0.307 e. The second kappa shape index (κ2) is 7.81. The monoisotopic (exact) mass is 396 g/mol. The van der Waals surface area contributed by atoms with Crippen LogP contribution < -0.4 is 5.56 Å². The normalized spacial score (nSPS) is 11.8. The highest BCUT2D eigenvalue weighted by molar-refractivity contribution is 5.73. The summed E-state index contributed by atoms with van der Waals surface area (Å²) >= 11 is 0. The average molecular weight is 396 g/mol. The summed E-state index contributed by atoms with van der Waals surface area (Å²) in [6.07, 6.45) is 3.04. The number of rotatable bonds is 5. The van der Waals surface area contributed by atoms with Crippen molar-refractivity contribution in [2.45, 2.75) is 59.6 Å². The van der Waals surface area contributed by atoms with Crippen molar-refractivity contribution in [2.75, 3.05) is 0 Å². The van der Waals surface area contributed by atoms with Gasteiger partial charge in [0.1, 0.15) is 12.0 Å². The number of carbonyl (C=O) groups is 1. The first kappa shape index (κ1) is 20.8. The topological polar surface area (TPSA) is 79.0 Å². The second-order valence-corrected chi connectivity index (χ2v) is 8.50. The Hall–Kier alpha value is -2.96. The van der Waals surface area contributed by atoms with E-state index in [0.717, 1.165) is 16.7 Å². The van der Waals surface area contributed by atoms with Gasteiger partial charge in [-0.3, -0.25) is 18.8 Å². The van der Waals surface area contributed by atoms with E-state index in [1.54, 1.807) is 11.7 Å². The van der Waals surface area contributed by atoms with E-state index in [2.05, 4.69) is 43.0 Å². The minimum Gasteiger partial charge on any atom is -0.461 e. The number of aromatic nitrogens is 4. The molecule has 1 aromatic carbocycles. The van der Waals surface area contributed by atoms with E-state index in [0.29, 0.717) is 11.0 Å². The molecule has 0 spiro atoms. The Labute approximate surface area is 170 Å². The number of nitrogens with zero attached hydrogens (tertiary/aromatic N) is 4. The molecule has 0 aliphatic heterocycles. The van der Waals surface area contributed by atoms with Gasteiger partial charge in [0.05, 0.1) is 18.9 Å². The predicted octanol–water partition coefficient (Wildman–Crippen LogP) is 3.18. The molecule has 2 aromatic heterocycles. The summed E-state index contributed by atoms with van der Waals surface area (Å²) in [7, 11) is 1.73. The largest absolute Gasteiger partial charge is 0.461 e. The van der Waals surface area contributed by atoms with E-state index in [1.807, 2.05) is 13.8 Å². The maximum atomic E-state index is 12.5. The molecule has 3 aromatic rings. The van der Waals surface area contributed by atoms with Gasteiger partial charge >= 0.3 is 5.97 Å². The maximum absolute atomic E-state index is 12.5. The molecule has 7 heteroatoms. The molecule has 3 rings (SSSR count). The summed E-state index contributed by atoms with van der Waals surface area (Å²) in [5.74, 6) is -0.345. The lowest BCUT2D eigenvalue weighted by Crippen LogP contribution is -2.22. The molecular weight excluding hydrogens is 368 g/mol. The first-order valence-corrected chi connectivity index (χ1v) is 9.71. The second-order valence-electron chi connectivity index (χ2n) is 8.50. The van der Waals surface area contributed by atoms with Crippen LogP contribution in [0.15, 0.2) is 29.5 Å². The van der Waals surface area contributed by atoms with E-state index < -0.39 is 0 Å². The summed E-state index contributed by atoms with van der Waals surface area (Å²) in [6.45, 7) is 11.1. The highest BCUT2D eigenvalue weighted by atomic mass is 16.5. The molecular formula is C22H28N4O3. The Morgan fingerprint density at radius 2 is 1.83 bits per heavy atom. The van der Waals surface area contributed by atoms with E-state index in [1.165, 1.54) is 22.7 Å². The van der Waals surface area contributed by atoms with Crippen LogP contribution in [0.2, 0.25) is 0 Å². The zero-order valence-electron chi connectivity index (χ0n) is 17.9. The molecule has 0 bridgehead atoms. The first-order valence-electron chi connectivity index (χ1n) is 9.71. The molecule has 0 atom stereocenters. The van der Waals surface area contributed by atoms with Gasteiger partial charge in [-0.25, -0.2) is 4.98 Å². The summed E-state index contributed by atoms with van der Waals surface area (Å²) in [5.41, 5.74) is 4.91. The number of aryl methyl sites for hydroxylation is 4. The molecule has 0 fully saturated rings. The molecule has 0 amide bonds. The van der Waals surface area contributed by atoms with E-state index in [4.69, 9.17) is 4.74 Å². The lowest BCUT2D eigenvalue weighted by molar-refractivity contribution is -0.145. The quantitative estimate of drug-likeness (QED) is 0.619. The lowest BCUT2D eigenvalue weighted by Gasteiger charge is -2.22. The van der Waals surface area contributed by atoms with Crippen LogP contribution in [0.25, 0.3) is 11.0 Å². The fourth-order valence-electron chi connectivity index (χ4n) is 3.32. The summed E-state index contributed by atoms with van der Waals surface area (Å²) in [5, 5.41) is 4.48.